The zero-order valence-corrected chi connectivity index (χ0v) is 17.1. The second kappa shape index (κ2) is 9.48. The normalized spacial score (nSPS) is 13.7. The van der Waals surface area contributed by atoms with Gasteiger partial charge in [-0.05, 0) is 11.6 Å². The Kier molecular flexibility index (Phi) is 7.55. The number of hydrogen-bond donors (Lipinski definition) is 4. The summed E-state index contributed by atoms with van der Waals surface area (Å²) >= 11 is 0. The van der Waals surface area contributed by atoms with E-state index in [-0.39, 0.29) is 42.9 Å². The summed E-state index contributed by atoms with van der Waals surface area (Å²) in [5.74, 6) is -0.355. The first-order valence-corrected chi connectivity index (χ1v) is 10.1. The molecule has 3 rings (SSSR count). The summed E-state index contributed by atoms with van der Waals surface area (Å²) in [6, 6.07) is 6.49. The number of fused-ring (bicyclic) bond motifs is 1. The lowest BCUT2D eigenvalue weighted by Gasteiger charge is -2.18. The molecule has 0 spiro atoms. The van der Waals surface area contributed by atoms with Crippen LogP contribution in [0.2, 0.25) is 0 Å². The van der Waals surface area contributed by atoms with Gasteiger partial charge in [-0.25, -0.2) is 8.42 Å². The number of carbonyl (C=O) groups is 1. The lowest BCUT2D eigenvalue weighted by atomic mass is 10.1. The number of aliphatic hydroxyl groups is 1. The van der Waals surface area contributed by atoms with E-state index in [0.29, 0.717) is 17.8 Å². The molecule has 2 heterocycles. The third-order valence-electron chi connectivity index (χ3n) is 4.54. The highest BCUT2D eigenvalue weighted by Crippen LogP contribution is 2.20. The van der Waals surface area contributed by atoms with Crippen LogP contribution in [0.3, 0.4) is 0 Å². The molecule has 0 saturated heterocycles. The third kappa shape index (κ3) is 4.53. The molecule has 154 valence electrons. The molecular formula is C17H24ClN5O4S. The monoisotopic (exact) mass is 429 g/mol. The molecule has 4 N–H and O–H groups in total. The maximum atomic E-state index is 12.7. The molecule has 0 bridgehead atoms. The summed E-state index contributed by atoms with van der Waals surface area (Å²) in [4.78, 5) is 12.6. The van der Waals surface area contributed by atoms with Gasteiger partial charge in [-0.2, -0.15) is 9.40 Å². The molecule has 0 fully saturated rings. The van der Waals surface area contributed by atoms with Gasteiger partial charge in [0.2, 0.25) is 10.0 Å². The first-order valence-electron chi connectivity index (χ1n) is 8.65. The van der Waals surface area contributed by atoms with Crippen molar-refractivity contribution in [3.63, 3.8) is 0 Å². The molecule has 0 aliphatic carbocycles. The van der Waals surface area contributed by atoms with Crippen molar-refractivity contribution in [1.82, 2.24) is 25.1 Å². The second-order valence-electron chi connectivity index (χ2n) is 6.30. The van der Waals surface area contributed by atoms with Crippen LogP contribution in [0, 0.1) is 0 Å². The first-order chi connectivity index (χ1) is 12.9. The lowest BCUT2D eigenvalue weighted by Crippen LogP contribution is -2.32. The van der Waals surface area contributed by atoms with E-state index in [1.54, 1.807) is 18.2 Å². The summed E-state index contributed by atoms with van der Waals surface area (Å²) < 4.78 is 26.5. The van der Waals surface area contributed by atoms with Crippen molar-refractivity contribution in [3.05, 3.63) is 46.8 Å². The van der Waals surface area contributed by atoms with Crippen LogP contribution in [-0.4, -0.2) is 60.7 Å². The van der Waals surface area contributed by atoms with Crippen molar-refractivity contribution in [2.45, 2.75) is 24.4 Å². The average molecular weight is 430 g/mol. The molecule has 1 aromatic carbocycles. The van der Waals surface area contributed by atoms with Crippen LogP contribution in [0.4, 0.5) is 0 Å². The molecular weight excluding hydrogens is 406 g/mol. The van der Waals surface area contributed by atoms with Crippen molar-refractivity contribution < 1.29 is 18.3 Å². The maximum absolute atomic E-state index is 12.7. The Balaban J connectivity index is 0.00000280. The quantitative estimate of drug-likeness (QED) is 0.491. The van der Waals surface area contributed by atoms with Crippen LogP contribution < -0.4 is 10.6 Å². The van der Waals surface area contributed by atoms with E-state index in [2.05, 4.69) is 20.8 Å². The zero-order chi connectivity index (χ0) is 19.4. The van der Waals surface area contributed by atoms with Gasteiger partial charge in [0, 0.05) is 50.9 Å². The highest BCUT2D eigenvalue weighted by molar-refractivity contribution is 7.89. The molecule has 0 radical (unpaired) electrons. The van der Waals surface area contributed by atoms with E-state index >= 15 is 0 Å². The number of likely N-dealkylation sites (N-methyl/N-ethyl adjacent to an activating group) is 1. The largest absolute Gasteiger partial charge is 0.395 e. The fraction of sp³-hybridized carbons (Fsp3) is 0.412. The van der Waals surface area contributed by atoms with Gasteiger partial charge in [0.15, 0.2) is 5.69 Å². The highest BCUT2D eigenvalue weighted by atomic mass is 35.5. The van der Waals surface area contributed by atoms with E-state index in [4.69, 9.17) is 5.11 Å². The SMILES string of the molecule is CN(CCO)S(=O)(=O)c1ccccc1CNC(=O)c1n[nH]c2c1CNCC2.Cl. The number of benzene rings is 1. The first kappa shape index (κ1) is 22.3. The standard InChI is InChI=1S/C17H23N5O4S.ClH/c1-22(8-9-23)27(25,26)15-5-3-2-4-12(15)10-19-17(24)16-13-11-18-7-6-14(13)20-21-16;/h2-5,18,23H,6-11H2,1H3,(H,19,24)(H,20,21);1H. The number of halogens is 1. The Morgan fingerprint density at radius 1 is 1.36 bits per heavy atom. The Hall–Kier alpha value is -1.98. The number of aliphatic hydroxyl groups excluding tert-OH is 1. The molecule has 11 heteroatoms. The summed E-state index contributed by atoms with van der Waals surface area (Å²) in [5, 5.41) is 22.0. The Morgan fingerprint density at radius 3 is 2.86 bits per heavy atom. The summed E-state index contributed by atoms with van der Waals surface area (Å²) in [7, 11) is -2.35. The van der Waals surface area contributed by atoms with E-state index in [0.717, 1.165) is 28.5 Å². The molecule has 9 nitrogen and oxygen atoms in total. The van der Waals surface area contributed by atoms with Crippen LogP contribution in [-0.2, 0) is 29.5 Å². The molecule has 1 aliphatic heterocycles. The number of H-pyrrole nitrogens is 1. The summed E-state index contributed by atoms with van der Waals surface area (Å²) in [5.41, 5.74) is 2.60. The smallest absolute Gasteiger partial charge is 0.272 e. The zero-order valence-electron chi connectivity index (χ0n) is 15.4. The number of amides is 1. The predicted octanol–water partition coefficient (Wildman–Crippen LogP) is 0.0200. The molecule has 0 unspecified atom stereocenters. The maximum Gasteiger partial charge on any atom is 0.272 e. The molecule has 0 saturated carbocycles. The average Bonchev–Trinajstić information content (AvgIpc) is 3.10. The Bertz CT molecular complexity index is 931. The molecule has 0 atom stereocenters. The van der Waals surface area contributed by atoms with Gasteiger partial charge in [0.1, 0.15) is 0 Å². The molecule has 1 aromatic heterocycles. The molecule has 1 amide bonds. The number of aromatic amines is 1. The summed E-state index contributed by atoms with van der Waals surface area (Å²) in [6.45, 7) is 1.19. The van der Waals surface area contributed by atoms with E-state index in [9.17, 15) is 13.2 Å². The van der Waals surface area contributed by atoms with Gasteiger partial charge in [0.25, 0.3) is 5.91 Å². The molecule has 2 aromatic rings. The van der Waals surface area contributed by atoms with Crippen molar-refractivity contribution in [3.8, 4) is 0 Å². The number of rotatable bonds is 7. The minimum Gasteiger partial charge on any atom is -0.395 e. The molecule has 28 heavy (non-hydrogen) atoms. The van der Waals surface area contributed by atoms with E-state index < -0.39 is 10.0 Å². The van der Waals surface area contributed by atoms with E-state index in [1.165, 1.54) is 13.1 Å². The topological polar surface area (TPSA) is 127 Å². The fourth-order valence-electron chi connectivity index (χ4n) is 3.00. The van der Waals surface area contributed by atoms with Gasteiger partial charge in [-0.1, -0.05) is 18.2 Å². The van der Waals surface area contributed by atoms with Gasteiger partial charge in [-0.15, -0.1) is 12.4 Å². The van der Waals surface area contributed by atoms with Crippen LogP contribution in [0.1, 0.15) is 27.3 Å². The minimum atomic E-state index is -3.76. The van der Waals surface area contributed by atoms with Gasteiger partial charge < -0.3 is 15.7 Å². The Morgan fingerprint density at radius 2 is 2.11 bits per heavy atom. The summed E-state index contributed by atoms with van der Waals surface area (Å²) in [6.07, 6.45) is 0.786. The van der Waals surface area contributed by atoms with Gasteiger partial charge in [-0.3, -0.25) is 9.89 Å². The predicted molar refractivity (Wildman–Crippen MR) is 106 cm³/mol. The lowest BCUT2D eigenvalue weighted by molar-refractivity contribution is 0.0944. The van der Waals surface area contributed by atoms with Crippen molar-refractivity contribution in [2.75, 3.05) is 26.7 Å². The third-order valence-corrected chi connectivity index (χ3v) is 6.49. The van der Waals surface area contributed by atoms with Gasteiger partial charge >= 0.3 is 0 Å². The molecule has 1 aliphatic rings. The van der Waals surface area contributed by atoms with Crippen LogP contribution in [0.25, 0.3) is 0 Å². The Labute approximate surface area is 170 Å². The number of sulfonamides is 1. The van der Waals surface area contributed by atoms with Crippen LogP contribution in [0.15, 0.2) is 29.2 Å². The van der Waals surface area contributed by atoms with Crippen molar-refractivity contribution in [2.24, 2.45) is 0 Å². The number of carbonyl (C=O) groups excluding carboxylic acids is 1. The fourth-order valence-corrected chi connectivity index (χ4v) is 4.38. The number of nitrogens with one attached hydrogen (secondary N) is 3. The number of nitrogens with zero attached hydrogens (tertiary/aromatic N) is 2. The highest BCUT2D eigenvalue weighted by Gasteiger charge is 2.25. The van der Waals surface area contributed by atoms with E-state index in [1.807, 2.05) is 0 Å². The van der Waals surface area contributed by atoms with Crippen molar-refractivity contribution in [1.29, 1.82) is 0 Å². The van der Waals surface area contributed by atoms with Gasteiger partial charge in [0.05, 0.1) is 11.5 Å². The minimum absolute atomic E-state index is 0. The second-order valence-corrected chi connectivity index (χ2v) is 8.31. The van der Waals surface area contributed by atoms with Crippen LogP contribution in [0.5, 0.6) is 0 Å². The van der Waals surface area contributed by atoms with Crippen molar-refractivity contribution >= 4 is 28.3 Å². The number of aromatic nitrogens is 2. The van der Waals surface area contributed by atoms with Crippen LogP contribution >= 0.6 is 12.4 Å². The number of hydrogen-bond acceptors (Lipinski definition) is 6.